The van der Waals surface area contributed by atoms with Gasteiger partial charge in [-0.3, -0.25) is 9.97 Å². The van der Waals surface area contributed by atoms with Gasteiger partial charge in [0.05, 0.1) is 0 Å². The molecule has 2 heterocycles. The molecule has 0 aliphatic carbocycles. The number of nitrogens with one attached hydrogen (secondary N) is 1. The summed E-state index contributed by atoms with van der Waals surface area (Å²) >= 11 is 4.81. The van der Waals surface area contributed by atoms with Gasteiger partial charge in [-0.25, -0.2) is 13.1 Å². The Bertz CT molecular complexity index is 717. The Morgan fingerprint density at radius 3 is 2.60 bits per heavy atom. The van der Waals surface area contributed by atoms with Gasteiger partial charge >= 0.3 is 0 Å². The fraction of sp³-hybridized carbons (Fsp3) is 0.0833. The molecule has 20 heavy (non-hydrogen) atoms. The molecule has 2 rings (SSSR count). The molecule has 6 nitrogen and oxygen atoms in total. The van der Waals surface area contributed by atoms with E-state index in [4.69, 9.17) is 18.0 Å². The number of hydrogen-bond donors (Lipinski definition) is 2. The first-order valence-corrected chi connectivity index (χ1v) is 7.53. The summed E-state index contributed by atoms with van der Waals surface area (Å²) in [5.41, 5.74) is 6.37. The summed E-state index contributed by atoms with van der Waals surface area (Å²) in [6.45, 7) is 0.149. The molecule has 0 aliphatic heterocycles. The third kappa shape index (κ3) is 3.35. The van der Waals surface area contributed by atoms with Crippen LogP contribution in [-0.4, -0.2) is 23.4 Å². The number of rotatable bonds is 5. The lowest BCUT2D eigenvalue weighted by atomic mass is 10.3. The minimum absolute atomic E-state index is 0.0263. The van der Waals surface area contributed by atoms with E-state index in [9.17, 15) is 8.42 Å². The Kier molecular flexibility index (Phi) is 4.38. The molecule has 0 bridgehead atoms. The van der Waals surface area contributed by atoms with Crippen LogP contribution in [0.1, 0.15) is 11.3 Å². The summed E-state index contributed by atoms with van der Waals surface area (Å²) in [6, 6.07) is 6.37. The predicted octanol–water partition coefficient (Wildman–Crippen LogP) is 0.589. The third-order valence-corrected chi connectivity index (χ3v) is 4.14. The maximum atomic E-state index is 12.2. The van der Waals surface area contributed by atoms with Gasteiger partial charge in [-0.1, -0.05) is 12.2 Å². The number of hydrogen-bond acceptors (Lipinski definition) is 5. The van der Waals surface area contributed by atoms with Crippen LogP contribution in [-0.2, 0) is 16.6 Å². The molecule has 0 fully saturated rings. The maximum Gasteiger partial charge on any atom is 0.243 e. The number of thiocarbonyl (C=S) groups is 1. The van der Waals surface area contributed by atoms with Gasteiger partial charge in [0.2, 0.25) is 10.0 Å². The van der Waals surface area contributed by atoms with Crippen LogP contribution in [0.4, 0.5) is 0 Å². The van der Waals surface area contributed by atoms with E-state index in [0.29, 0.717) is 0 Å². The van der Waals surface area contributed by atoms with E-state index in [1.807, 2.05) is 0 Å². The van der Waals surface area contributed by atoms with Gasteiger partial charge in [0.25, 0.3) is 0 Å². The standard InChI is InChI=1S/C12H12N4O2S2/c13-12(19)11-10(2-1-5-15-11)20(17,18)16-8-9-3-6-14-7-4-9/h1-7,16H,8H2,(H2,13,19). The van der Waals surface area contributed by atoms with Crippen molar-refractivity contribution in [1.29, 1.82) is 0 Å². The molecule has 0 atom stereocenters. The average molecular weight is 308 g/mol. The van der Waals surface area contributed by atoms with Crippen molar-refractivity contribution in [3.8, 4) is 0 Å². The van der Waals surface area contributed by atoms with Gasteiger partial charge in [0.1, 0.15) is 15.6 Å². The summed E-state index contributed by atoms with van der Waals surface area (Å²) in [5, 5.41) is 0. The van der Waals surface area contributed by atoms with E-state index in [-0.39, 0.29) is 22.1 Å². The number of pyridine rings is 2. The van der Waals surface area contributed by atoms with Crippen molar-refractivity contribution < 1.29 is 8.42 Å². The molecule has 0 amide bonds. The van der Waals surface area contributed by atoms with Crippen molar-refractivity contribution in [3.05, 3.63) is 54.1 Å². The molecule has 0 saturated carbocycles. The second-order valence-corrected chi connectivity index (χ2v) is 6.07. The fourth-order valence-electron chi connectivity index (χ4n) is 1.55. The van der Waals surface area contributed by atoms with Gasteiger partial charge < -0.3 is 5.73 Å². The summed E-state index contributed by atoms with van der Waals surface area (Å²) in [7, 11) is -3.73. The summed E-state index contributed by atoms with van der Waals surface area (Å²) < 4.78 is 27.0. The molecule has 0 spiro atoms. The Balaban J connectivity index is 2.25. The molecule has 0 aliphatic rings. The highest BCUT2D eigenvalue weighted by atomic mass is 32.2. The molecule has 104 valence electrons. The van der Waals surface area contributed by atoms with Crippen LogP contribution in [0.3, 0.4) is 0 Å². The lowest BCUT2D eigenvalue weighted by Gasteiger charge is -2.09. The normalized spacial score (nSPS) is 11.2. The number of sulfonamides is 1. The zero-order chi connectivity index (χ0) is 14.6. The van der Waals surface area contributed by atoms with Crippen LogP contribution in [0.2, 0.25) is 0 Å². The smallest absolute Gasteiger partial charge is 0.243 e. The SMILES string of the molecule is NC(=S)c1ncccc1S(=O)(=O)NCc1ccncc1. The molecule has 0 aromatic carbocycles. The molecule has 0 unspecified atom stereocenters. The highest BCUT2D eigenvalue weighted by Gasteiger charge is 2.20. The largest absolute Gasteiger partial charge is 0.388 e. The lowest BCUT2D eigenvalue weighted by molar-refractivity contribution is 0.580. The van der Waals surface area contributed by atoms with Crippen LogP contribution in [0.5, 0.6) is 0 Å². The maximum absolute atomic E-state index is 12.2. The Morgan fingerprint density at radius 1 is 1.25 bits per heavy atom. The van der Waals surface area contributed by atoms with Crippen molar-refractivity contribution >= 4 is 27.2 Å². The van der Waals surface area contributed by atoms with E-state index < -0.39 is 10.0 Å². The van der Waals surface area contributed by atoms with E-state index >= 15 is 0 Å². The van der Waals surface area contributed by atoms with E-state index in [1.165, 1.54) is 18.3 Å². The Hall–Kier alpha value is -1.90. The highest BCUT2D eigenvalue weighted by Crippen LogP contribution is 2.13. The fourth-order valence-corrected chi connectivity index (χ4v) is 2.96. The second kappa shape index (κ2) is 6.04. The number of nitrogens with two attached hydrogens (primary N) is 1. The van der Waals surface area contributed by atoms with Crippen LogP contribution in [0, 0.1) is 0 Å². The van der Waals surface area contributed by atoms with Gasteiger partial charge in [-0.05, 0) is 29.8 Å². The quantitative estimate of drug-likeness (QED) is 0.785. The summed E-state index contributed by atoms with van der Waals surface area (Å²) in [4.78, 5) is 7.68. The first-order chi connectivity index (χ1) is 9.50. The van der Waals surface area contributed by atoms with E-state index in [2.05, 4.69) is 14.7 Å². The van der Waals surface area contributed by atoms with E-state index in [0.717, 1.165) is 5.56 Å². The van der Waals surface area contributed by atoms with Crippen LogP contribution >= 0.6 is 12.2 Å². The summed E-state index contributed by atoms with van der Waals surface area (Å²) in [5.74, 6) is 0. The minimum Gasteiger partial charge on any atom is -0.388 e. The first-order valence-electron chi connectivity index (χ1n) is 5.64. The van der Waals surface area contributed by atoms with Crippen molar-refractivity contribution in [1.82, 2.24) is 14.7 Å². The number of nitrogens with zero attached hydrogens (tertiary/aromatic N) is 2. The van der Waals surface area contributed by atoms with Crippen molar-refractivity contribution in [3.63, 3.8) is 0 Å². The van der Waals surface area contributed by atoms with Gasteiger partial charge in [0.15, 0.2) is 0 Å². The molecule has 2 aromatic heterocycles. The average Bonchev–Trinajstić information content (AvgIpc) is 2.46. The van der Waals surface area contributed by atoms with Gasteiger partial charge in [-0.15, -0.1) is 0 Å². The number of aromatic nitrogens is 2. The molecule has 0 radical (unpaired) electrons. The topological polar surface area (TPSA) is 98.0 Å². The molecule has 3 N–H and O–H groups in total. The zero-order valence-electron chi connectivity index (χ0n) is 10.4. The lowest BCUT2D eigenvalue weighted by Crippen LogP contribution is -2.27. The Morgan fingerprint density at radius 2 is 1.95 bits per heavy atom. The van der Waals surface area contributed by atoms with Crippen LogP contribution < -0.4 is 10.5 Å². The second-order valence-electron chi connectivity index (χ2n) is 3.89. The van der Waals surface area contributed by atoms with Crippen LogP contribution in [0.15, 0.2) is 47.8 Å². The van der Waals surface area contributed by atoms with Crippen molar-refractivity contribution in [2.24, 2.45) is 5.73 Å². The van der Waals surface area contributed by atoms with E-state index in [1.54, 1.807) is 24.5 Å². The molecule has 8 heteroatoms. The predicted molar refractivity (Wildman–Crippen MR) is 78.4 cm³/mol. The molecular weight excluding hydrogens is 296 g/mol. The minimum atomic E-state index is -3.73. The van der Waals surface area contributed by atoms with Gasteiger partial charge in [0, 0.05) is 25.1 Å². The molecule has 0 saturated heterocycles. The Labute approximate surface area is 122 Å². The summed E-state index contributed by atoms with van der Waals surface area (Å²) in [6.07, 6.45) is 4.62. The monoisotopic (exact) mass is 308 g/mol. The van der Waals surface area contributed by atoms with Crippen molar-refractivity contribution in [2.45, 2.75) is 11.4 Å². The highest BCUT2D eigenvalue weighted by molar-refractivity contribution is 7.89. The van der Waals surface area contributed by atoms with Crippen molar-refractivity contribution in [2.75, 3.05) is 0 Å². The molecular formula is C12H12N4O2S2. The first kappa shape index (κ1) is 14.5. The molecule has 2 aromatic rings. The van der Waals surface area contributed by atoms with Gasteiger partial charge in [-0.2, -0.15) is 0 Å². The zero-order valence-corrected chi connectivity index (χ0v) is 12.0. The van der Waals surface area contributed by atoms with Crippen LogP contribution in [0.25, 0.3) is 0 Å². The third-order valence-electron chi connectivity index (χ3n) is 2.51.